The summed E-state index contributed by atoms with van der Waals surface area (Å²) in [6.07, 6.45) is -0.182. The molecule has 0 radical (unpaired) electrons. The van der Waals surface area contributed by atoms with Crippen LogP contribution in [0.4, 0.5) is 4.79 Å². The normalized spacial score (nSPS) is 14.1. The number of carboxylic acid groups (broad SMARTS) is 1. The Balaban J connectivity index is 5.31. The van der Waals surface area contributed by atoms with E-state index < -0.39 is 35.7 Å². The third kappa shape index (κ3) is 6.88. The molecule has 0 bridgehead atoms. The van der Waals surface area contributed by atoms with Crippen LogP contribution in [0.15, 0.2) is 0 Å². The summed E-state index contributed by atoms with van der Waals surface area (Å²) in [5, 5.41) is 9.07. The third-order valence-corrected chi connectivity index (χ3v) is 3.41. The Morgan fingerprint density at radius 2 is 1.52 bits per heavy atom. The first-order chi connectivity index (χ1) is 10.3. The number of hydrogen-bond donors (Lipinski definition) is 1. The van der Waals surface area contributed by atoms with E-state index >= 15 is 0 Å². The molecule has 7 nitrogen and oxygen atoms in total. The van der Waals surface area contributed by atoms with Crippen molar-refractivity contribution in [1.29, 1.82) is 0 Å². The number of hydrogen-bond acceptors (Lipinski definition) is 4. The van der Waals surface area contributed by atoms with Crippen LogP contribution in [0.5, 0.6) is 0 Å². The molecule has 0 aromatic rings. The van der Waals surface area contributed by atoms with Crippen LogP contribution in [0.3, 0.4) is 0 Å². The highest BCUT2D eigenvalue weighted by Crippen LogP contribution is 2.17. The maximum atomic E-state index is 12.6. The van der Waals surface area contributed by atoms with Gasteiger partial charge in [-0.3, -0.25) is 9.69 Å². The van der Waals surface area contributed by atoms with Gasteiger partial charge in [0.15, 0.2) is 0 Å². The standard InChI is InChI=1S/C16H30N2O5/c1-10(2)9-12(13(19)17(7)11(3)14(20)21)18(8)15(22)23-16(4,5)6/h10-12H,9H2,1-8H3,(H,20,21). The van der Waals surface area contributed by atoms with Gasteiger partial charge in [-0.15, -0.1) is 0 Å². The van der Waals surface area contributed by atoms with Gasteiger partial charge in [-0.2, -0.15) is 0 Å². The van der Waals surface area contributed by atoms with Crippen LogP contribution in [0.1, 0.15) is 48.0 Å². The number of likely N-dealkylation sites (N-methyl/N-ethyl adjacent to an activating group) is 2. The van der Waals surface area contributed by atoms with Crippen molar-refractivity contribution in [3.8, 4) is 0 Å². The highest BCUT2D eigenvalue weighted by molar-refractivity contribution is 5.89. The lowest BCUT2D eigenvalue weighted by molar-refractivity contribution is -0.150. The number of rotatable bonds is 6. The number of carboxylic acids is 1. The minimum atomic E-state index is -1.09. The molecule has 0 saturated carbocycles. The van der Waals surface area contributed by atoms with Crippen molar-refractivity contribution in [1.82, 2.24) is 9.80 Å². The summed E-state index contributed by atoms with van der Waals surface area (Å²) >= 11 is 0. The smallest absolute Gasteiger partial charge is 0.410 e. The fraction of sp³-hybridized carbons (Fsp3) is 0.812. The van der Waals surface area contributed by atoms with Crippen molar-refractivity contribution in [3.63, 3.8) is 0 Å². The highest BCUT2D eigenvalue weighted by Gasteiger charge is 2.35. The molecule has 23 heavy (non-hydrogen) atoms. The topological polar surface area (TPSA) is 87.2 Å². The molecule has 134 valence electrons. The van der Waals surface area contributed by atoms with Gasteiger partial charge in [0.25, 0.3) is 0 Å². The number of amides is 2. The van der Waals surface area contributed by atoms with E-state index in [-0.39, 0.29) is 5.92 Å². The number of nitrogens with zero attached hydrogens (tertiary/aromatic N) is 2. The Hall–Kier alpha value is -1.79. The Morgan fingerprint density at radius 3 is 1.87 bits per heavy atom. The zero-order chi connectivity index (χ0) is 18.5. The summed E-state index contributed by atoms with van der Waals surface area (Å²) in [5.41, 5.74) is -0.670. The Kier molecular flexibility index (Phi) is 7.54. The second kappa shape index (κ2) is 8.17. The summed E-state index contributed by atoms with van der Waals surface area (Å²) in [5.74, 6) is -1.35. The number of carbonyl (C=O) groups excluding carboxylic acids is 2. The fourth-order valence-electron chi connectivity index (χ4n) is 1.92. The molecular formula is C16H30N2O5. The fourth-order valence-corrected chi connectivity index (χ4v) is 1.92. The molecule has 0 heterocycles. The summed E-state index contributed by atoms with van der Waals surface area (Å²) in [6.45, 7) is 10.5. The van der Waals surface area contributed by atoms with Crippen LogP contribution in [0.2, 0.25) is 0 Å². The van der Waals surface area contributed by atoms with Gasteiger partial charge in [-0.05, 0) is 40.0 Å². The van der Waals surface area contributed by atoms with Crippen LogP contribution in [-0.4, -0.2) is 64.7 Å². The quantitative estimate of drug-likeness (QED) is 0.806. The Morgan fingerprint density at radius 1 is 1.04 bits per heavy atom. The molecule has 0 aliphatic carbocycles. The first kappa shape index (κ1) is 21.2. The zero-order valence-electron chi connectivity index (χ0n) is 15.4. The third-order valence-electron chi connectivity index (χ3n) is 3.41. The summed E-state index contributed by atoms with van der Waals surface area (Å²) in [6, 6.07) is -1.74. The molecule has 0 saturated heterocycles. The maximum absolute atomic E-state index is 12.6. The number of aliphatic carboxylic acids is 1. The first-order valence-electron chi connectivity index (χ1n) is 7.73. The van der Waals surface area contributed by atoms with Gasteiger partial charge in [0.05, 0.1) is 0 Å². The van der Waals surface area contributed by atoms with E-state index in [4.69, 9.17) is 9.84 Å². The van der Waals surface area contributed by atoms with Gasteiger partial charge >= 0.3 is 12.1 Å². The molecule has 0 aromatic carbocycles. The van der Waals surface area contributed by atoms with Gasteiger partial charge in [0, 0.05) is 14.1 Å². The molecule has 2 atom stereocenters. The van der Waals surface area contributed by atoms with Gasteiger partial charge < -0.3 is 14.7 Å². The van der Waals surface area contributed by atoms with Gasteiger partial charge in [0.2, 0.25) is 5.91 Å². The maximum Gasteiger partial charge on any atom is 0.410 e. The Labute approximate surface area is 138 Å². The largest absolute Gasteiger partial charge is 0.480 e. The second-order valence-electron chi connectivity index (χ2n) is 7.20. The predicted molar refractivity (Wildman–Crippen MR) is 87.1 cm³/mol. The van der Waals surface area contributed by atoms with Crippen molar-refractivity contribution in [3.05, 3.63) is 0 Å². The lowest BCUT2D eigenvalue weighted by Gasteiger charge is -2.34. The predicted octanol–water partition coefficient (Wildman–Crippen LogP) is 2.20. The molecule has 2 amide bonds. The molecule has 2 unspecified atom stereocenters. The van der Waals surface area contributed by atoms with Gasteiger partial charge in [-0.1, -0.05) is 13.8 Å². The average Bonchev–Trinajstić information content (AvgIpc) is 2.39. The van der Waals surface area contributed by atoms with Crippen LogP contribution in [0, 0.1) is 5.92 Å². The van der Waals surface area contributed by atoms with E-state index in [1.807, 2.05) is 13.8 Å². The molecule has 1 N–H and O–H groups in total. The van der Waals surface area contributed by atoms with E-state index in [0.717, 1.165) is 4.90 Å². The minimum absolute atomic E-state index is 0.155. The van der Waals surface area contributed by atoms with Crippen molar-refractivity contribution in [2.24, 2.45) is 5.92 Å². The number of carbonyl (C=O) groups is 3. The van der Waals surface area contributed by atoms with Gasteiger partial charge in [-0.25, -0.2) is 9.59 Å². The van der Waals surface area contributed by atoms with Crippen LogP contribution in [0.25, 0.3) is 0 Å². The summed E-state index contributed by atoms with van der Waals surface area (Å²) in [7, 11) is 2.93. The highest BCUT2D eigenvalue weighted by atomic mass is 16.6. The second-order valence-corrected chi connectivity index (χ2v) is 7.20. The van der Waals surface area contributed by atoms with Gasteiger partial charge in [0.1, 0.15) is 17.7 Å². The first-order valence-corrected chi connectivity index (χ1v) is 7.73. The van der Waals surface area contributed by atoms with E-state index in [2.05, 4.69) is 0 Å². The molecule has 0 aliphatic rings. The van der Waals surface area contributed by atoms with Crippen LogP contribution in [-0.2, 0) is 14.3 Å². The van der Waals surface area contributed by atoms with Crippen molar-refractivity contribution >= 4 is 18.0 Å². The minimum Gasteiger partial charge on any atom is -0.480 e. The summed E-state index contributed by atoms with van der Waals surface area (Å²) < 4.78 is 5.30. The molecular weight excluding hydrogens is 300 g/mol. The number of ether oxygens (including phenoxy) is 1. The zero-order valence-corrected chi connectivity index (χ0v) is 15.4. The molecule has 0 spiro atoms. The monoisotopic (exact) mass is 330 g/mol. The van der Waals surface area contributed by atoms with E-state index in [0.29, 0.717) is 6.42 Å². The molecule has 0 aromatic heterocycles. The van der Waals surface area contributed by atoms with Crippen molar-refractivity contribution in [2.45, 2.75) is 65.6 Å². The van der Waals surface area contributed by atoms with Crippen LogP contribution >= 0.6 is 0 Å². The van der Waals surface area contributed by atoms with E-state index in [1.165, 1.54) is 25.9 Å². The average molecular weight is 330 g/mol. The lowest BCUT2D eigenvalue weighted by Crippen LogP contribution is -2.53. The summed E-state index contributed by atoms with van der Waals surface area (Å²) in [4.78, 5) is 38.4. The van der Waals surface area contributed by atoms with Crippen molar-refractivity contribution in [2.75, 3.05) is 14.1 Å². The Bertz CT molecular complexity index is 442. The van der Waals surface area contributed by atoms with E-state index in [9.17, 15) is 14.4 Å². The molecule has 7 heteroatoms. The molecule has 0 aliphatic heterocycles. The lowest BCUT2D eigenvalue weighted by atomic mass is 10.0. The van der Waals surface area contributed by atoms with Crippen molar-refractivity contribution < 1.29 is 24.2 Å². The molecule has 0 fully saturated rings. The van der Waals surface area contributed by atoms with E-state index in [1.54, 1.807) is 20.8 Å². The SMILES string of the molecule is CC(C)CC(C(=O)N(C)C(C)C(=O)O)N(C)C(=O)OC(C)(C)C. The molecule has 0 rings (SSSR count). The van der Waals surface area contributed by atoms with Crippen LogP contribution < -0.4 is 0 Å².